The summed E-state index contributed by atoms with van der Waals surface area (Å²) >= 11 is 0. The van der Waals surface area contributed by atoms with Gasteiger partial charge in [0.05, 0.1) is 0 Å². The number of aromatic nitrogens is 2. The van der Waals surface area contributed by atoms with Gasteiger partial charge in [-0.25, -0.2) is 9.97 Å². The summed E-state index contributed by atoms with van der Waals surface area (Å²) in [5, 5.41) is 13.7. The zero-order valence-electron chi connectivity index (χ0n) is 15.4. The minimum Gasteiger partial charge on any atom is -0.386 e. The van der Waals surface area contributed by atoms with Crippen molar-refractivity contribution in [1.82, 2.24) is 15.3 Å². The second kappa shape index (κ2) is 7.29. The number of β-amino-alcohol motifs (C(OH)–C–C–N with tert-alkyl or cyclic N) is 1. The molecule has 1 unspecified atom stereocenters. The zero-order chi connectivity index (χ0) is 18.7. The van der Waals surface area contributed by atoms with Gasteiger partial charge in [-0.3, -0.25) is 4.79 Å². The summed E-state index contributed by atoms with van der Waals surface area (Å²) in [7, 11) is 3.85. The van der Waals surface area contributed by atoms with E-state index in [4.69, 9.17) is 0 Å². The van der Waals surface area contributed by atoms with Crippen molar-refractivity contribution in [2.45, 2.75) is 18.9 Å². The van der Waals surface area contributed by atoms with Gasteiger partial charge in [-0.15, -0.1) is 0 Å². The monoisotopic (exact) mass is 355 g/mol. The lowest BCUT2D eigenvalue weighted by Gasteiger charge is -2.24. The third-order valence-corrected chi connectivity index (χ3v) is 4.72. The highest BCUT2D eigenvalue weighted by Gasteiger charge is 2.37. The van der Waals surface area contributed by atoms with Gasteiger partial charge in [-0.2, -0.15) is 0 Å². The van der Waals surface area contributed by atoms with Crippen LogP contribution in [-0.4, -0.2) is 60.3 Å². The van der Waals surface area contributed by atoms with Gasteiger partial charge in [-0.1, -0.05) is 18.2 Å². The summed E-state index contributed by atoms with van der Waals surface area (Å²) in [6, 6.07) is 9.33. The van der Waals surface area contributed by atoms with Gasteiger partial charge in [0, 0.05) is 45.4 Å². The van der Waals surface area contributed by atoms with Crippen molar-refractivity contribution in [3.63, 3.8) is 0 Å². The SMILES string of the molecule is Cc1ccccc1C(=O)NCC1(O)CCN(c2cc(N(C)C)ncn2)C1. The molecule has 7 nitrogen and oxygen atoms in total. The van der Waals surface area contributed by atoms with E-state index in [2.05, 4.69) is 15.3 Å². The van der Waals surface area contributed by atoms with E-state index in [0.29, 0.717) is 25.1 Å². The second-order valence-corrected chi connectivity index (χ2v) is 7.02. The normalized spacial score (nSPS) is 19.5. The van der Waals surface area contributed by atoms with Gasteiger partial charge in [0.2, 0.25) is 0 Å². The molecule has 0 bridgehead atoms. The van der Waals surface area contributed by atoms with Crippen LogP contribution in [0.15, 0.2) is 36.7 Å². The van der Waals surface area contributed by atoms with Crippen molar-refractivity contribution < 1.29 is 9.90 Å². The highest BCUT2D eigenvalue weighted by molar-refractivity contribution is 5.95. The molecule has 26 heavy (non-hydrogen) atoms. The van der Waals surface area contributed by atoms with Crippen LogP contribution < -0.4 is 15.1 Å². The molecule has 7 heteroatoms. The minimum absolute atomic E-state index is 0.160. The molecule has 0 aliphatic carbocycles. The Hall–Kier alpha value is -2.67. The molecule has 2 aromatic rings. The highest BCUT2D eigenvalue weighted by Crippen LogP contribution is 2.26. The predicted octanol–water partition coefficient (Wildman–Crippen LogP) is 1.22. The Kier molecular flexibility index (Phi) is 5.08. The van der Waals surface area contributed by atoms with Crippen LogP contribution in [0, 0.1) is 6.92 Å². The number of amides is 1. The third kappa shape index (κ3) is 3.94. The summed E-state index contributed by atoms with van der Waals surface area (Å²) in [6.45, 7) is 3.21. The summed E-state index contributed by atoms with van der Waals surface area (Å²) in [4.78, 5) is 24.8. The van der Waals surface area contributed by atoms with Crippen LogP contribution in [0.2, 0.25) is 0 Å². The van der Waals surface area contributed by atoms with E-state index in [1.807, 2.05) is 55.1 Å². The highest BCUT2D eigenvalue weighted by atomic mass is 16.3. The molecule has 0 spiro atoms. The van der Waals surface area contributed by atoms with Crippen molar-refractivity contribution in [3.8, 4) is 0 Å². The summed E-state index contributed by atoms with van der Waals surface area (Å²) < 4.78 is 0. The minimum atomic E-state index is -0.971. The van der Waals surface area contributed by atoms with E-state index in [-0.39, 0.29) is 12.5 Å². The van der Waals surface area contributed by atoms with Gasteiger partial charge < -0.3 is 20.2 Å². The summed E-state index contributed by atoms with van der Waals surface area (Å²) in [5.41, 5.74) is 0.585. The molecule has 1 saturated heterocycles. The molecular formula is C19H25N5O2. The molecule has 3 rings (SSSR count). The van der Waals surface area contributed by atoms with E-state index in [9.17, 15) is 9.90 Å². The number of rotatable bonds is 5. The number of hydrogen-bond acceptors (Lipinski definition) is 6. The quantitative estimate of drug-likeness (QED) is 0.839. The second-order valence-electron chi connectivity index (χ2n) is 7.02. The van der Waals surface area contributed by atoms with Gasteiger partial charge in [0.1, 0.15) is 23.6 Å². The van der Waals surface area contributed by atoms with Crippen LogP contribution in [-0.2, 0) is 0 Å². The average molecular weight is 355 g/mol. The molecule has 1 aliphatic rings. The number of hydrogen-bond donors (Lipinski definition) is 2. The number of aliphatic hydroxyl groups is 1. The van der Waals surface area contributed by atoms with Crippen LogP contribution in [0.3, 0.4) is 0 Å². The fourth-order valence-electron chi connectivity index (χ4n) is 3.12. The number of carbonyl (C=O) groups excluding carboxylic acids is 1. The Morgan fingerprint density at radius 1 is 1.35 bits per heavy atom. The summed E-state index contributed by atoms with van der Waals surface area (Å²) in [5.74, 6) is 1.44. The number of nitrogens with one attached hydrogen (secondary N) is 1. The maximum Gasteiger partial charge on any atom is 0.251 e. The molecular weight excluding hydrogens is 330 g/mol. The van der Waals surface area contributed by atoms with Gasteiger partial charge in [-0.05, 0) is 25.0 Å². The third-order valence-electron chi connectivity index (χ3n) is 4.72. The average Bonchev–Trinajstić information content (AvgIpc) is 3.03. The van der Waals surface area contributed by atoms with Crippen LogP contribution in [0.4, 0.5) is 11.6 Å². The Bertz CT molecular complexity index is 795. The lowest BCUT2D eigenvalue weighted by Crippen LogP contribution is -2.45. The Morgan fingerprint density at radius 2 is 2.12 bits per heavy atom. The van der Waals surface area contributed by atoms with E-state index >= 15 is 0 Å². The number of benzene rings is 1. The largest absolute Gasteiger partial charge is 0.386 e. The first-order valence-electron chi connectivity index (χ1n) is 8.68. The molecule has 1 aliphatic heterocycles. The topological polar surface area (TPSA) is 81.6 Å². The van der Waals surface area contributed by atoms with Crippen molar-refractivity contribution in [1.29, 1.82) is 0 Å². The van der Waals surface area contributed by atoms with Gasteiger partial charge in [0.25, 0.3) is 5.91 Å². The fraction of sp³-hybridized carbons (Fsp3) is 0.421. The molecule has 1 fully saturated rings. The first-order chi connectivity index (χ1) is 12.4. The van der Waals surface area contributed by atoms with Crippen LogP contribution in [0.1, 0.15) is 22.3 Å². The Labute approximate surface area is 153 Å². The Morgan fingerprint density at radius 3 is 2.85 bits per heavy atom. The fourth-order valence-corrected chi connectivity index (χ4v) is 3.12. The maximum absolute atomic E-state index is 12.4. The van der Waals surface area contributed by atoms with Crippen molar-refractivity contribution in [2.24, 2.45) is 0 Å². The molecule has 2 N–H and O–H groups in total. The van der Waals surface area contributed by atoms with E-state index < -0.39 is 5.60 Å². The smallest absolute Gasteiger partial charge is 0.251 e. The molecule has 138 valence electrons. The van der Waals surface area contributed by atoms with Crippen molar-refractivity contribution in [3.05, 3.63) is 47.8 Å². The molecule has 1 amide bonds. The number of anilines is 2. The molecule has 1 aromatic carbocycles. The van der Waals surface area contributed by atoms with Crippen LogP contribution in [0.25, 0.3) is 0 Å². The first kappa shape index (κ1) is 18.1. The van der Waals surface area contributed by atoms with Gasteiger partial charge in [0.15, 0.2) is 0 Å². The van der Waals surface area contributed by atoms with Crippen LogP contribution >= 0.6 is 0 Å². The molecule has 0 radical (unpaired) electrons. The molecule has 1 aromatic heterocycles. The standard InChI is InChI=1S/C19H25N5O2/c1-14-6-4-5-7-15(14)18(25)20-11-19(26)8-9-24(12-19)17-10-16(23(2)3)21-13-22-17/h4-7,10,13,26H,8-9,11-12H2,1-3H3,(H,20,25). The number of aryl methyl sites for hydroxylation is 1. The lowest BCUT2D eigenvalue weighted by molar-refractivity contribution is 0.0575. The predicted molar refractivity (Wildman–Crippen MR) is 102 cm³/mol. The van der Waals surface area contributed by atoms with Gasteiger partial charge >= 0.3 is 0 Å². The maximum atomic E-state index is 12.4. The van der Waals surface area contributed by atoms with E-state index in [1.54, 1.807) is 6.07 Å². The molecule has 0 saturated carbocycles. The molecule has 2 heterocycles. The molecule has 1 atom stereocenters. The van der Waals surface area contributed by atoms with E-state index in [0.717, 1.165) is 17.2 Å². The lowest BCUT2D eigenvalue weighted by atomic mass is 10.0. The van der Waals surface area contributed by atoms with Crippen LogP contribution in [0.5, 0.6) is 0 Å². The number of nitrogens with zero attached hydrogens (tertiary/aromatic N) is 4. The van der Waals surface area contributed by atoms with E-state index in [1.165, 1.54) is 6.33 Å². The first-order valence-corrected chi connectivity index (χ1v) is 8.68. The van der Waals surface area contributed by atoms with Crippen molar-refractivity contribution >= 4 is 17.5 Å². The van der Waals surface area contributed by atoms with Crippen molar-refractivity contribution in [2.75, 3.05) is 43.5 Å². The Balaban J connectivity index is 1.63. The summed E-state index contributed by atoms with van der Waals surface area (Å²) in [6.07, 6.45) is 2.10. The number of carbonyl (C=O) groups is 1. The zero-order valence-corrected chi connectivity index (χ0v) is 15.4.